The van der Waals surface area contributed by atoms with Gasteiger partial charge in [-0.3, -0.25) is 4.79 Å². The lowest BCUT2D eigenvalue weighted by Crippen LogP contribution is -2.38. The fraction of sp³-hybridized carbons (Fsp3) is 0.409. The van der Waals surface area contributed by atoms with Crippen LogP contribution in [0.15, 0.2) is 54.6 Å². The lowest BCUT2D eigenvalue weighted by atomic mass is 9.93. The fourth-order valence-electron chi connectivity index (χ4n) is 3.39. The molecule has 1 aliphatic rings. The van der Waals surface area contributed by atoms with E-state index in [9.17, 15) is 4.79 Å². The van der Waals surface area contributed by atoms with Crippen molar-refractivity contribution in [2.45, 2.75) is 25.9 Å². The van der Waals surface area contributed by atoms with Crippen molar-refractivity contribution in [3.63, 3.8) is 0 Å². The van der Waals surface area contributed by atoms with Crippen LogP contribution in [0.1, 0.15) is 35.2 Å². The highest BCUT2D eigenvalue weighted by Crippen LogP contribution is 2.22. The van der Waals surface area contributed by atoms with Crippen molar-refractivity contribution >= 4 is 5.91 Å². The maximum Gasteiger partial charge on any atom is 0.253 e. The first-order valence-electron chi connectivity index (χ1n) is 9.47. The van der Waals surface area contributed by atoms with E-state index in [1.54, 1.807) is 0 Å². The summed E-state index contributed by atoms with van der Waals surface area (Å²) >= 11 is 0. The van der Waals surface area contributed by atoms with Gasteiger partial charge in [-0.1, -0.05) is 30.3 Å². The van der Waals surface area contributed by atoms with Crippen LogP contribution < -0.4 is 10.1 Å². The van der Waals surface area contributed by atoms with Gasteiger partial charge < -0.3 is 15.0 Å². The highest BCUT2D eigenvalue weighted by Gasteiger charge is 2.23. The lowest BCUT2D eigenvalue weighted by Gasteiger charge is -2.32. The molecule has 1 amide bonds. The number of piperidine rings is 1. The number of hydrogen-bond acceptors (Lipinski definition) is 3. The minimum absolute atomic E-state index is 0.131. The van der Waals surface area contributed by atoms with Crippen LogP contribution in [0.3, 0.4) is 0 Å². The van der Waals surface area contributed by atoms with Gasteiger partial charge in [0.15, 0.2) is 0 Å². The van der Waals surface area contributed by atoms with Gasteiger partial charge in [0, 0.05) is 18.7 Å². The minimum atomic E-state index is 0.131. The molecule has 0 spiro atoms. The van der Waals surface area contributed by atoms with E-state index in [-0.39, 0.29) is 5.91 Å². The normalized spacial score (nSPS) is 15.0. The number of rotatable bonds is 7. The van der Waals surface area contributed by atoms with Crippen molar-refractivity contribution in [3.8, 4) is 5.75 Å². The first-order chi connectivity index (χ1) is 12.8. The van der Waals surface area contributed by atoms with Gasteiger partial charge in [0.1, 0.15) is 12.4 Å². The topological polar surface area (TPSA) is 41.6 Å². The summed E-state index contributed by atoms with van der Waals surface area (Å²) in [5.74, 6) is 1.66. The van der Waals surface area contributed by atoms with Crippen molar-refractivity contribution in [1.29, 1.82) is 0 Å². The summed E-state index contributed by atoms with van der Waals surface area (Å²) in [7, 11) is 1.99. The van der Waals surface area contributed by atoms with E-state index in [1.807, 2.05) is 66.5 Å². The molecule has 1 N–H and O–H groups in total. The zero-order valence-electron chi connectivity index (χ0n) is 15.5. The maximum atomic E-state index is 12.7. The van der Waals surface area contributed by atoms with E-state index < -0.39 is 0 Å². The van der Waals surface area contributed by atoms with Crippen molar-refractivity contribution in [3.05, 3.63) is 65.7 Å². The van der Waals surface area contributed by atoms with E-state index in [0.29, 0.717) is 6.61 Å². The van der Waals surface area contributed by atoms with Gasteiger partial charge in [-0.15, -0.1) is 0 Å². The molecule has 138 valence electrons. The summed E-state index contributed by atoms with van der Waals surface area (Å²) < 4.78 is 5.79. The monoisotopic (exact) mass is 352 g/mol. The molecule has 1 aliphatic heterocycles. The van der Waals surface area contributed by atoms with E-state index >= 15 is 0 Å². The van der Waals surface area contributed by atoms with Crippen LogP contribution >= 0.6 is 0 Å². The molecule has 4 nitrogen and oxygen atoms in total. The molecule has 1 fully saturated rings. The highest BCUT2D eigenvalue weighted by molar-refractivity contribution is 5.94. The second-order valence-corrected chi connectivity index (χ2v) is 6.93. The number of amides is 1. The quantitative estimate of drug-likeness (QED) is 0.826. The Hall–Kier alpha value is -2.33. The minimum Gasteiger partial charge on any atom is -0.489 e. The van der Waals surface area contributed by atoms with Gasteiger partial charge in [0.2, 0.25) is 0 Å². The summed E-state index contributed by atoms with van der Waals surface area (Å²) in [6, 6.07) is 17.6. The Morgan fingerprint density at radius 2 is 1.77 bits per heavy atom. The van der Waals surface area contributed by atoms with Crippen LogP contribution in [-0.4, -0.2) is 37.5 Å². The number of benzene rings is 2. The average Bonchev–Trinajstić information content (AvgIpc) is 2.72. The van der Waals surface area contributed by atoms with Crippen molar-refractivity contribution in [2.24, 2.45) is 5.92 Å². The van der Waals surface area contributed by atoms with Gasteiger partial charge in [-0.25, -0.2) is 0 Å². The molecule has 0 aliphatic carbocycles. The Labute approximate surface area is 156 Å². The third-order valence-electron chi connectivity index (χ3n) is 5.05. The molecule has 2 aromatic rings. The van der Waals surface area contributed by atoms with Crippen LogP contribution in [-0.2, 0) is 6.61 Å². The van der Waals surface area contributed by atoms with E-state index in [4.69, 9.17) is 4.74 Å². The predicted octanol–water partition coefficient (Wildman–Crippen LogP) is 3.73. The summed E-state index contributed by atoms with van der Waals surface area (Å²) in [5.41, 5.74) is 1.87. The Kier molecular flexibility index (Phi) is 6.67. The average molecular weight is 352 g/mol. The number of carbonyl (C=O) groups excluding carboxylic acids is 1. The first kappa shape index (κ1) is 18.5. The zero-order chi connectivity index (χ0) is 18.2. The molecule has 0 aromatic heterocycles. The van der Waals surface area contributed by atoms with Gasteiger partial charge in [-0.2, -0.15) is 0 Å². The number of hydrogen-bond donors (Lipinski definition) is 1. The van der Waals surface area contributed by atoms with E-state index in [1.165, 1.54) is 6.42 Å². The SMILES string of the molecule is CNCCC1CCN(C(=O)c2ccc(OCc3ccccc3)cc2)CC1. The van der Waals surface area contributed by atoms with Crippen LogP contribution in [0.4, 0.5) is 0 Å². The molecule has 0 unspecified atom stereocenters. The molecular formula is C22H28N2O2. The maximum absolute atomic E-state index is 12.7. The van der Waals surface area contributed by atoms with Crippen molar-refractivity contribution in [1.82, 2.24) is 10.2 Å². The molecular weight excluding hydrogens is 324 g/mol. The Bertz CT molecular complexity index is 677. The molecule has 4 heteroatoms. The Morgan fingerprint density at radius 3 is 2.42 bits per heavy atom. The van der Waals surface area contributed by atoms with Crippen LogP contribution in [0.5, 0.6) is 5.75 Å². The first-order valence-corrected chi connectivity index (χ1v) is 9.47. The second kappa shape index (κ2) is 9.39. The highest BCUT2D eigenvalue weighted by atomic mass is 16.5. The van der Waals surface area contributed by atoms with Gasteiger partial charge >= 0.3 is 0 Å². The number of nitrogens with zero attached hydrogens (tertiary/aromatic N) is 1. The molecule has 26 heavy (non-hydrogen) atoms. The number of ether oxygens (including phenoxy) is 1. The smallest absolute Gasteiger partial charge is 0.253 e. The Balaban J connectivity index is 1.49. The van der Waals surface area contributed by atoms with Crippen molar-refractivity contribution in [2.75, 3.05) is 26.7 Å². The zero-order valence-corrected chi connectivity index (χ0v) is 15.5. The molecule has 1 heterocycles. The molecule has 0 radical (unpaired) electrons. The van der Waals surface area contributed by atoms with E-state index in [2.05, 4.69) is 5.32 Å². The summed E-state index contributed by atoms with van der Waals surface area (Å²) in [6.45, 7) is 3.32. The molecule has 0 atom stereocenters. The summed E-state index contributed by atoms with van der Waals surface area (Å²) in [5, 5.41) is 3.21. The molecule has 0 saturated carbocycles. The van der Waals surface area contributed by atoms with Crippen LogP contribution in [0.25, 0.3) is 0 Å². The molecule has 1 saturated heterocycles. The third kappa shape index (κ3) is 5.09. The largest absolute Gasteiger partial charge is 0.489 e. The molecule has 3 rings (SSSR count). The van der Waals surface area contributed by atoms with Crippen LogP contribution in [0.2, 0.25) is 0 Å². The molecule has 2 aromatic carbocycles. The summed E-state index contributed by atoms with van der Waals surface area (Å²) in [6.07, 6.45) is 3.41. The number of carbonyl (C=O) groups is 1. The second-order valence-electron chi connectivity index (χ2n) is 6.93. The number of likely N-dealkylation sites (tertiary alicyclic amines) is 1. The lowest BCUT2D eigenvalue weighted by molar-refractivity contribution is 0.0687. The Morgan fingerprint density at radius 1 is 1.08 bits per heavy atom. The third-order valence-corrected chi connectivity index (χ3v) is 5.05. The molecule has 0 bridgehead atoms. The predicted molar refractivity (Wildman–Crippen MR) is 104 cm³/mol. The van der Waals surface area contributed by atoms with Gasteiger partial charge in [-0.05, 0) is 68.6 Å². The van der Waals surface area contributed by atoms with Crippen molar-refractivity contribution < 1.29 is 9.53 Å². The van der Waals surface area contributed by atoms with E-state index in [0.717, 1.165) is 55.3 Å². The van der Waals surface area contributed by atoms with Gasteiger partial charge in [0.25, 0.3) is 5.91 Å². The summed E-state index contributed by atoms with van der Waals surface area (Å²) in [4.78, 5) is 14.7. The number of nitrogens with one attached hydrogen (secondary N) is 1. The van der Waals surface area contributed by atoms with Gasteiger partial charge in [0.05, 0.1) is 0 Å². The van der Waals surface area contributed by atoms with Crippen LogP contribution in [0, 0.1) is 5.92 Å². The standard InChI is InChI=1S/C22H28N2O2/c1-23-14-11-18-12-15-24(16-13-18)22(25)20-7-9-21(10-8-20)26-17-19-5-3-2-4-6-19/h2-10,18,23H,11-17H2,1H3. The fourth-order valence-corrected chi connectivity index (χ4v) is 3.39.